The molecule has 0 aromatic carbocycles. The van der Waals surface area contributed by atoms with Crippen LogP contribution in [0.5, 0.6) is 0 Å². The average molecular weight is 214 g/mol. The summed E-state index contributed by atoms with van der Waals surface area (Å²) in [6.45, 7) is 6.96. The highest BCUT2D eigenvalue weighted by Gasteiger charge is 2.40. The van der Waals surface area contributed by atoms with Crippen molar-refractivity contribution in [2.24, 2.45) is 5.92 Å². The lowest BCUT2D eigenvalue weighted by molar-refractivity contribution is -0.143. The predicted octanol–water partition coefficient (Wildman–Crippen LogP) is 3.13. The minimum atomic E-state index is -0.288. The molecule has 0 aliphatic heterocycles. The van der Waals surface area contributed by atoms with Gasteiger partial charge in [-0.1, -0.05) is 26.7 Å². The Bertz CT molecular complexity index is 169. The van der Waals surface area contributed by atoms with Crippen molar-refractivity contribution < 1.29 is 9.84 Å². The second kappa shape index (κ2) is 5.86. The van der Waals surface area contributed by atoms with Crippen LogP contribution in [0.1, 0.15) is 59.3 Å². The van der Waals surface area contributed by atoms with Crippen molar-refractivity contribution >= 4 is 0 Å². The molecule has 2 nitrogen and oxygen atoms in total. The zero-order valence-corrected chi connectivity index (χ0v) is 10.5. The fourth-order valence-corrected chi connectivity index (χ4v) is 2.95. The van der Waals surface area contributed by atoms with Crippen molar-refractivity contribution in [3.8, 4) is 0 Å². The Morgan fingerprint density at radius 2 is 1.73 bits per heavy atom. The van der Waals surface area contributed by atoms with E-state index < -0.39 is 0 Å². The fraction of sp³-hybridized carbons (Fsp3) is 1.00. The van der Waals surface area contributed by atoms with Gasteiger partial charge in [0, 0.05) is 6.61 Å². The highest BCUT2D eigenvalue weighted by molar-refractivity contribution is 4.92. The summed E-state index contributed by atoms with van der Waals surface area (Å²) in [7, 11) is 0. The Hall–Kier alpha value is -0.0800. The molecule has 0 aromatic rings. The van der Waals surface area contributed by atoms with E-state index in [2.05, 4.69) is 13.8 Å². The Balaban J connectivity index is 2.67. The van der Waals surface area contributed by atoms with Gasteiger partial charge in [0.25, 0.3) is 0 Å². The summed E-state index contributed by atoms with van der Waals surface area (Å²) in [6.07, 6.45) is 6.46. The van der Waals surface area contributed by atoms with Gasteiger partial charge in [-0.25, -0.2) is 0 Å². The highest BCUT2D eigenvalue weighted by atomic mass is 16.5. The molecule has 0 saturated heterocycles. The molecule has 0 radical (unpaired) electrons. The van der Waals surface area contributed by atoms with Crippen LogP contribution in [0.2, 0.25) is 0 Å². The third-order valence-corrected chi connectivity index (χ3v) is 4.01. The first-order valence-corrected chi connectivity index (χ1v) is 6.52. The molecule has 1 aliphatic carbocycles. The van der Waals surface area contributed by atoms with Crippen LogP contribution < -0.4 is 0 Å². The zero-order chi connectivity index (χ0) is 11.3. The number of aliphatic hydroxyl groups is 1. The molecule has 1 rings (SSSR count). The molecule has 1 unspecified atom stereocenters. The topological polar surface area (TPSA) is 29.5 Å². The van der Waals surface area contributed by atoms with Crippen molar-refractivity contribution in [1.29, 1.82) is 0 Å². The van der Waals surface area contributed by atoms with Gasteiger partial charge in [-0.15, -0.1) is 0 Å². The maximum Gasteiger partial charge on any atom is 0.0937 e. The number of aliphatic hydroxyl groups excluding tert-OH is 1. The Labute approximate surface area is 94.0 Å². The van der Waals surface area contributed by atoms with Gasteiger partial charge in [-0.2, -0.15) is 0 Å². The number of hydrogen-bond acceptors (Lipinski definition) is 2. The molecule has 1 atom stereocenters. The standard InChI is InChI=1S/C13H26O2/c1-4-13(5-2,15-6-3)12(14)11-9-7-8-10-11/h11-12,14H,4-10H2,1-3H3. The zero-order valence-electron chi connectivity index (χ0n) is 10.5. The molecule has 1 fully saturated rings. The maximum absolute atomic E-state index is 10.5. The molecule has 90 valence electrons. The smallest absolute Gasteiger partial charge is 0.0937 e. The van der Waals surface area contributed by atoms with Gasteiger partial charge in [0.05, 0.1) is 11.7 Å². The third kappa shape index (κ3) is 2.73. The Morgan fingerprint density at radius 3 is 2.13 bits per heavy atom. The maximum atomic E-state index is 10.5. The van der Waals surface area contributed by atoms with Gasteiger partial charge < -0.3 is 9.84 Å². The lowest BCUT2D eigenvalue weighted by atomic mass is 9.82. The van der Waals surface area contributed by atoms with E-state index in [9.17, 15) is 5.11 Å². The molecule has 0 spiro atoms. The van der Waals surface area contributed by atoms with Crippen molar-refractivity contribution in [3.05, 3.63) is 0 Å². The largest absolute Gasteiger partial charge is 0.390 e. The lowest BCUT2D eigenvalue weighted by Gasteiger charge is -2.39. The molecular formula is C13H26O2. The molecule has 0 amide bonds. The molecule has 0 aromatic heterocycles. The van der Waals surface area contributed by atoms with Crippen LogP contribution >= 0.6 is 0 Å². The highest BCUT2D eigenvalue weighted by Crippen LogP contribution is 2.37. The summed E-state index contributed by atoms with van der Waals surface area (Å²) in [5, 5.41) is 10.5. The number of ether oxygens (including phenoxy) is 1. The first-order valence-electron chi connectivity index (χ1n) is 6.52. The molecular weight excluding hydrogens is 188 g/mol. The second-order valence-corrected chi connectivity index (χ2v) is 4.69. The fourth-order valence-electron chi connectivity index (χ4n) is 2.95. The van der Waals surface area contributed by atoms with Crippen LogP contribution in [0.15, 0.2) is 0 Å². The monoisotopic (exact) mass is 214 g/mol. The van der Waals surface area contributed by atoms with E-state index in [1.807, 2.05) is 6.92 Å². The summed E-state index contributed by atoms with van der Waals surface area (Å²) in [4.78, 5) is 0. The van der Waals surface area contributed by atoms with Gasteiger partial charge in [0.1, 0.15) is 0 Å². The minimum absolute atomic E-state index is 0.269. The van der Waals surface area contributed by atoms with Crippen LogP contribution in [0.25, 0.3) is 0 Å². The summed E-state index contributed by atoms with van der Waals surface area (Å²) < 4.78 is 5.85. The second-order valence-electron chi connectivity index (χ2n) is 4.69. The molecule has 1 saturated carbocycles. The van der Waals surface area contributed by atoms with Crippen LogP contribution in [-0.2, 0) is 4.74 Å². The molecule has 0 heterocycles. The third-order valence-electron chi connectivity index (χ3n) is 4.01. The SMILES string of the molecule is CCOC(CC)(CC)C(O)C1CCCC1. The van der Waals surface area contributed by atoms with E-state index in [1.54, 1.807) is 0 Å². The summed E-state index contributed by atoms with van der Waals surface area (Å²) in [5.41, 5.74) is -0.288. The minimum Gasteiger partial charge on any atom is -0.390 e. The van der Waals surface area contributed by atoms with Crippen molar-refractivity contribution in [2.75, 3.05) is 6.61 Å². The van der Waals surface area contributed by atoms with Gasteiger partial charge in [-0.3, -0.25) is 0 Å². The van der Waals surface area contributed by atoms with Crippen molar-refractivity contribution in [1.82, 2.24) is 0 Å². The molecule has 1 N–H and O–H groups in total. The predicted molar refractivity (Wildman–Crippen MR) is 62.9 cm³/mol. The quantitative estimate of drug-likeness (QED) is 0.736. The lowest BCUT2D eigenvalue weighted by Crippen LogP contribution is -2.47. The molecule has 1 aliphatic rings. The Kier molecular flexibility index (Phi) is 5.07. The Morgan fingerprint density at radius 1 is 1.20 bits per heavy atom. The summed E-state index contributed by atoms with van der Waals surface area (Å²) in [6, 6.07) is 0. The van der Waals surface area contributed by atoms with Crippen molar-refractivity contribution in [2.45, 2.75) is 71.0 Å². The average Bonchev–Trinajstić information content (AvgIpc) is 2.78. The van der Waals surface area contributed by atoms with Crippen molar-refractivity contribution in [3.63, 3.8) is 0 Å². The molecule has 2 heteroatoms. The van der Waals surface area contributed by atoms with Crippen LogP contribution in [0, 0.1) is 5.92 Å². The van der Waals surface area contributed by atoms with Gasteiger partial charge in [0.2, 0.25) is 0 Å². The van der Waals surface area contributed by atoms with E-state index in [1.165, 1.54) is 25.7 Å². The summed E-state index contributed by atoms with van der Waals surface area (Å²) in [5.74, 6) is 0.469. The van der Waals surface area contributed by atoms with E-state index in [0.717, 1.165) is 12.8 Å². The van der Waals surface area contributed by atoms with Gasteiger partial charge in [0.15, 0.2) is 0 Å². The van der Waals surface area contributed by atoms with Crippen LogP contribution in [-0.4, -0.2) is 23.4 Å². The van der Waals surface area contributed by atoms with E-state index >= 15 is 0 Å². The first kappa shape index (κ1) is 13.0. The number of rotatable bonds is 6. The first-order chi connectivity index (χ1) is 7.20. The number of hydrogen-bond donors (Lipinski definition) is 1. The van der Waals surface area contributed by atoms with E-state index in [4.69, 9.17) is 4.74 Å². The van der Waals surface area contributed by atoms with E-state index in [0.29, 0.717) is 12.5 Å². The molecule has 0 bridgehead atoms. The summed E-state index contributed by atoms with van der Waals surface area (Å²) >= 11 is 0. The van der Waals surface area contributed by atoms with Gasteiger partial charge in [-0.05, 0) is 38.5 Å². The van der Waals surface area contributed by atoms with E-state index in [-0.39, 0.29) is 11.7 Å². The normalized spacial score (nSPS) is 20.8. The van der Waals surface area contributed by atoms with Gasteiger partial charge >= 0.3 is 0 Å². The van der Waals surface area contributed by atoms with Crippen LogP contribution in [0.3, 0.4) is 0 Å². The molecule has 15 heavy (non-hydrogen) atoms. The van der Waals surface area contributed by atoms with Crippen LogP contribution in [0.4, 0.5) is 0 Å².